The number of amides is 2. The zero-order valence-corrected chi connectivity index (χ0v) is 20.2. The third-order valence-electron chi connectivity index (χ3n) is 5.99. The Labute approximate surface area is 199 Å². The van der Waals surface area contributed by atoms with Crippen molar-refractivity contribution in [1.29, 1.82) is 0 Å². The highest BCUT2D eigenvalue weighted by Crippen LogP contribution is 2.20. The van der Waals surface area contributed by atoms with E-state index in [0.29, 0.717) is 24.5 Å². The highest BCUT2D eigenvalue weighted by molar-refractivity contribution is 7.89. The fourth-order valence-electron chi connectivity index (χ4n) is 4.03. The molecule has 0 atom stereocenters. The number of hydrogen-bond donors (Lipinski definition) is 0. The number of fused-ring (bicyclic) bond motifs is 1. The molecule has 4 rings (SSSR count). The van der Waals surface area contributed by atoms with Gasteiger partial charge in [-0.25, -0.2) is 18.4 Å². The van der Waals surface area contributed by atoms with Gasteiger partial charge in [0.15, 0.2) is 0 Å². The van der Waals surface area contributed by atoms with Gasteiger partial charge in [-0.2, -0.15) is 4.31 Å². The lowest BCUT2D eigenvalue weighted by Gasteiger charge is -2.33. The minimum atomic E-state index is -3.70. The molecule has 178 valence electrons. The van der Waals surface area contributed by atoms with Crippen molar-refractivity contribution < 1.29 is 18.0 Å². The number of nitrogens with zero attached hydrogens (tertiary/aromatic N) is 5. The molecule has 2 amide bonds. The van der Waals surface area contributed by atoms with Crippen molar-refractivity contribution >= 4 is 32.7 Å². The molecule has 9 nitrogen and oxygen atoms in total. The summed E-state index contributed by atoms with van der Waals surface area (Å²) in [6, 6.07) is 13.6. The Morgan fingerprint density at radius 2 is 1.62 bits per heavy atom. The molecule has 0 N–H and O–H groups in total. The molecule has 0 radical (unpaired) electrons. The molecule has 1 aromatic heterocycles. The molecule has 0 saturated carbocycles. The van der Waals surface area contributed by atoms with Gasteiger partial charge in [-0.1, -0.05) is 18.2 Å². The maximum atomic E-state index is 13.0. The first-order chi connectivity index (χ1) is 16.2. The quantitative estimate of drug-likeness (QED) is 0.553. The largest absolute Gasteiger partial charge is 0.340 e. The van der Waals surface area contributed by atoms with Crippen molar-refractivity contribution in [3.05, 3.63) is 65.6 Å². The fraction of sp³-hybridized carbons (Fsp3) is 0.333. The van der Waals surface area contributed by atoms with E-state index in [1.165, 1.54) is 40.4 Å². The Morgan fingerprint density at radius 1 is 0.971 bits per heavy atom. The van der Waals surface area contributed by atoms with E-state index in [9.17, 15) is 18.0 Å². The number of carbonyl (C=O) groups excluding carboxylic acids is 2. The molecule has 2 aromatic carbocycles. The number of rotatable bonds is 5. The van der Waals surface area contributed by atoms with Gasteiger partial charge < -0.3 is 9.80 Å². The van der Waals surface area contributed by atoms with Gasteiger partial charge in [0.1, 0.15) is 5.82 Å². The predicted octanol–water partition coefficient (Wildman–Crippen LogP) is 2.06. The minimum Gasteiger partial charge on any atom is -0.340 e. The van der Waals surface area contributed by atoms with Gasteiger partial charge in [-0.3, -0.25) is 9.59 Å². The molecule has 1 aliphatic rings. The van der Waals surface area contributed by atoms with Crippen molar-refractivity contribution in [2.24, 2.45) is 0 Å². The Hall–Kier alpha value is -3.37. The third-order valence-corrected chi connectivity index (χ3v) is 7.90. The minimum absolute atomic E-state index is 0.0618. The number of aromatic nitrogens is 2. The summed E-state index contributed by atoms with van der Waals surface area (Å²) in [5.41, 5.74) is 2.05. The maximum Gasteiger partial charge on any atom is 0.254 e. The van der Waals surface area contributed by atoms with E-state index in [1.807, 2.05) is 31.2 Å². The van der Waals surface area contributed by atoms with E-state index in [1.54, 1.807) is 11.9 Å². The summed E-state index contributed by atoms with van der Waals surface area (Å²) in [5, 5.41) is 0.972. The van der Waals surface area contributed by atoms with Gasteiger partial charge >= 0.3 is 0 Å². The monoisotopic (exact) mass is 481 g/mol. The molecule has 10 heteroatoms. The second-order valence-electron chi connectivity index (χ2n) is 8.34. The van der Waals surface area contributed by atoms with Crippen molar-refractivity contribution in [3.63, 3.8) is 0 Å². The molecule has 0 unspecified atom stereocenters. The van der Waals surface area contributed by atoms with Crippen molar-refractivity contribution in [2.45, 2.75) is 25.3 Å². The maximum absolute atomic E-state index is 13.0. The van der Waals surface area contributed by atoms with Crippen LogP contribution in [-0.2, 0) is 21.4 Å². The number of aryl methyl sites for hydroxylation is 1. The summed E-state index contributed by atoms with van der Waals surface area (Å²) in [6.07, 6.45) is 0. The van der Waals surface area contributed by atoms with Crippen LogP contribution in [0.1, 0.15) is 28.8 Å². The van der Waals surface area contributed by atoms with Crippen LogP contribution in [0.2, 0.25) is 0 Å². The first-order valence-electron chi connectivity index (χ1n) is 11.0. The van der Waals surface area contributed by atoms with Crippen LogP contribution in [0.5, 0.6) is 0 Å². The standard InChI is InChI=1S/C24H27N5O4S/c1-17-21-6-4-5-7-22(21)26-23(25-17)16-27(3)24(31)19-8-10-20(11-9-19)34(32,33)29-14-12-28(13-15-29)18(2)30/h4-11H,12-16H2,1-3H3. The van der Waals surface area contributed by atoms with Gasteiger partial charge in [0.25, 0.3) is 5.91 Å². The summed E-state index contributed by atoms with van der Waals surface area (Å²) in [5.74, 6) is 0.220. The number of piperazine rings is 1. The van der Waals surface area contributed by atoms with E-state index < -0.39 is 10.0 Å². The highest BCUT2D eigenvalue weighted by atomic mass is 32.2. The predicted molar refractivity (Wildman–Crippen MR) is 128 cm³/mol. The topological polar surface area (TPSA) is 104 Å². The molecule has 1 saturated heterocycles. The Balaban J connectivity index is 1.45. The van der Waals surface area contributed by atoms with E-state index in [-0.39, 0.29) is 36.3 Å². The first-order valence-corrected chi connectivity index (χ1v) is 12.4. The summed E-state index contributed by atoms with van der Waals surface area (Å²) in [6.45, 7) is 4.84. The normalized spacial score (nSPS) is 14.9. The van der Waals surface area contributed by atoms with E-state index in [2.05, 4.69) is 9.97 Å². The smallest absolute Gasteiger partial charge is 0.254 e. The van der Waals surface area contributed by atoms with Gasteiger partial charge in [0.05, 0.1) is 17.0 Å². The molecule has 3 aromatic rings. The molecule has 34 heavy (non-hydrogen) atoms. The number of hydrogen-bond acceptors (Lipinski definition) is 6. The SMILES string of the molecule is CC(=O)N1CCN(S(=O)(=O)c2ccc(C(=O)N(C)Cc3nc(C)c4ccccc4n3)cc2)CC1. The lowest BCUT2D eigenvalue weighted by molar-refractivity contribution is -0.129. The average Bonchev–Trinajstić information content (AvgIpc) is 2.83. The average molecular weight is 482 g/mol. The molecule has 0 spiro atoms. The lowest BCUT2D eigenvalue weighted by atomic mass is 10.2. The molecule has 1 aliphatic heterocycles. The van der Waals surface area contributed by atoms with E-state index >= 15 is 0 Å². The summed E-state index contributed by atoms with van der Waals surface area (Å²) >= 11 is 0. The first kappa shape index (κ1) is 23.8. The molecular formula is C24H27N5O4S. The van der Waals surface area contributed by atoms with Gasteiger partial charge in [-0.05, 0) is 37.3 Å². The van der Waals surface area contributed by atoms with Gasteiger partial charge in [0.2, 0.25) is 15.9 Å². The van der Waals surface area contributed by atoms with Crippen LogP contribution in [0.4, 0.5) is 0 Å². The van der Waals surface area contributed by atoms with Crippen LogP contribution in [0.3, 0.4) is 0 Å². The van der Waals surface area contributed by atoms with Crippen LogP contribution >= 0.6 is 0 Å². The zero-order valence-electron chi connectivity index (χ0n) is 19.4. The second kappa shape index (κ2) is 9.47. The lowest BCUT2D eigenvalue weighted by Crippen LogP contribution is -2.49. The van der Waals surface area contributed by atoms with Gasteiger partial charge in [-0.15, -0.1) is 0 Å². The Kier molecular flexibility index (Phi) is 6.63. The highest BCUT2D eigenvalue weighted by Gasteiger charge is 2.29. The van der Waals surface area contributed by atoms with Crippen LogP contribution in [0.25, 0.3) is 10.9 Å². The zero-order chi connectivity index (χ0) is 24.5. The molecule has 0 bridgehead atoms. The van der Waals surface area contributed by atoms with Crippen LogP contribution < -0.4 is 0 Å². The summed E-state index contributed by atoms with van der Waals surface area (Å²) in [4.78, 5) is 36.7. The number of para-hydroxylation sites is 1. The molecule has 0 aliphatic carbocycles. The van der Waals surface area contributed by atoms with Crippen molar-refractivity contribution in [2.75, 3.05) is 33.2 Å². The Bertz CT molecular complexity index is 1330. The number of carbonyl (C=O) groups is 2. The molecule has 2 heterocycles. The van der Waals surface area contributed by atoms with Crippen molar-refractivity contribution in [3.8, 4) is 0 Å². The van der Waals surface area contributed by atoms with Crippen LogP contribution in [0, 0.1) is 6.92 Å². The number of sulfonamides is 1. The molecular weight excluding hydrogens is 454 g/mol. The molecule has 1 fully saturated rings. The second-order valence-corrected chi connectivity index (χ2v) is 10.3. The third kappa shape index (κ3) is 4.78. The van der Waals surface area contributed by atoms with Crippen molar-refractivity contribution in [1.82, 2.24) is 24.1 Å². The van der Waals surface area contributed by atoms with Crippen LogP contribution in [-0.4, -0.2) is 77.5 Å². The fourth-order valence-corrected chi connectivity index (χ4v) is 5.45. The summed E-state index contributed by atoms with van der Waals surface area (Å²) < 4.78 is 27.3. The van der Waals surface area contributed by atoms with E-state index in [4.69, 9.17) is 0 Å². The Morgan fingerprint density at radius 3 is 2.26 bits per heavy atom. The number of benzene rings is 2. The van der Waals surface area contributed by atoms with Gasteiger partial charge in [0, 0.05) is 56.8 Å². The van der Waals surface area contributed by atoms with E-state index in [0.717, 1.165) is 16.6 Å². The summed E-state index contributed by atoms with van der Waals surface area (Å²) in [7, 11) is -2.04. The van der Waals surface area contributed by atoms with Crippen LogP contribution in [0.15, 0.2) is 53.4 Å².